The monoisotopic (exact) mass is 536 g/mol. The Labute approximate surface area is 215 Å². The summed E-state index contributed by atoms with van der Waals surface area (Å²) in [5.74, 6) is -6.10. The number of aromatic nitrogens is 2. The van der Waals surface area contributed by atoms with Crippen LogP contribution in [0.3, 0.4) is 0 Å². The fraction of sp³-hybridized carbons (Fsp3) is 0.423. The summed E-state index contributed by atoms with van der Waals surface area (Å²) in [6, 6.07) is 1.64. The summed E-state index contributed by atoms with van der Waals surface area (Å²) < 4.78 is 59.5. The highest BCUT2D eigenvalue weighted by Crippen LogP contribution is 2.29. The van der Waals surface area contributed by atoms with E-state index in [0.717, 1.165) is 16.8 Å². The Bertz CT molecular complexity index is 1420. The van der Waals surface area contributed by atoms with E-state index in [-0.39, 0.29) is 18.9 Å². The molecule has 1 fully saturated rings. The Morgan fingerprint density at radius 1 is 1.00 bits per heavy atom. The third-order valence-corrected chi connectivity index (χ3v) is 7.35. The molecule has 8 nitrogen and oxygen atoms in total. The highest BCUT2D eigenvalue weighted by molar-refractivity contribution is 5.97. The first-order chi connectivity index (χ1) is 17.9. The quantitative estimate of drug-likeness (QED) is 0.401. The van der Waals surface area contributed by atoms with E-state index in [9.17, 15) is 33.0 Å². The summed E-state index contributed by atoms with van der Waals surface area (Å²) in [5.41, 5.74) is -3.32. The maximum atomic E-state index is 15.2. The molecule has 2 aromatic heterocycles. The molecule has 12 heteroatoms. The molecule has 0 bridgehead atoms. The van der Waals surface area contributed by atoms with Gasteiger partial charge in [-0.1, -0.05) is 20.8 Å². The van der Waals surface area contributed by atoms with Crippen molar-refractivity contribution in [3.63, 3.8) is 0 Å². The van der Waals surface area contributed by atoms with Crippen LogP contribution in [0.15, 0.2) is 29.2 Å². The molecule has 1 amide bonds. The first-order valence-corrected chi connectivity index (χ1v) is 12.3. The number of hydrogen-bond acceptors (Lipinski definition) is 6. The van der Waals surface area contributed by atoms with Crippen LogP contribution >= 0.6 is 0 Å². The van der Waals surface area contributed by atoms with Crippen molar-refractivity contribution < 1.29 is 32.6 Å². The first-order valence-electron chi connectivity index (χ1n) is 12.3. The largest absolute Gasteiger partial charge is 0.389 e. The highest BCUT2D eigenvalue weighted by atomic mass is 19.1. The molecule has 1 aliphatic heterocycles. The van der Waals surface area contributed by atoms with Gasteiger partial charge >= 0.3 is 0 Å². The van der Waals surface area contributed by atoms with E-state index < -0.39 is 74.6 Å². The van der Waals surface area contributed by atoms with Crippen molar-refractivity contribution in [3.8, 4) is 5.69 Å². The Morgan fingerprint density at radius 2 is 1.55 bits per heavy atom. The van der Waals surface area contributed by atoms with Gasteiger partial charge in [0.2, 0.25) is 5.43 Å². The van der Waals surface area contributed by atoms with E-state index in [2.05, 4.69) is 10.3 Å². The molecule has 1 saturated heterocycles. The van der Waals surface area contributed by atoms with Crippen LogP contribution in [0.1, 0.15) is 50.4 Å². The van der Waals surface area contributed by atoms with Crippen LogP contribution in [-0.4, -0.2) is 56.5 Å². The second-order valence-electron chi connectivity index (χ2n) is 9.46. The van der Waals surface area contributed by atoms with E-state index >= 15 is 4.39 Å². The van der Waals surface area contributed by atoms with E-state index in [4.69, 9.17) is 0 Å². The molecular weight excluding hydrogens is 508 g/mol. The number of halogens is 4. The van der Waals surface area contributed by atoms with Gasteiger partial charge in [-0.2, -0.15) is 0 Å². The van der Waals surface area contributed by atoms with Crippen LogP contribution in [0, 0.1) is 23.3 Å². The van der Waals surface area contributed by atoms with E-state index in [1.165, 1.54) is 4.90 Å². The lowest BCUT2D eigenvalue weighted by Crippen LogP contribution is -2.48. The number of rotatable bonds is 7. The normalized spacial score (nSPS) is 17.9. The molecule has 204 valence electrons. The Hall–Kier alpha value is -3.51. The minimum Gasteiger partial charge on any atom is -0.389 e. The first kappa shape index (κ1) is 27.5. The molecule has 0 aliphatic carbocycles. The molecule has 1 aromatic carbocycles. The molecule has 3 heterocycles. The summed E-state index contributed by atoms with van der Waals surface area (Å²) >= 11 is 0. The van der Waals surface area contributed by atoms with Crippen LogP contribution in [0.2, 0.25) is 0 Å². The minimum atomic E-state index is -1.34. The summed E-state index contributed by atoms with van der Waals surface area (Å²) in [6.45, 7) is 5.22. The number of amides is 1. The lowest BCUT2D eigenvalue weighted by molar-refractivity contribution is 0.0572. The van der Waals surface area contributed by atoms with Gasteiger partial charge in [0.25, 0.3) is 5.91 Å². The molecule has 3 aromatic rings. The van der Waals surface area contributed by atoms with Gasteiger partial charge in [0, 0.05) is 37.0 Å². The SMILES string of the molecule is CCC(CC)(CC)NC(=O)c1cn(-c2c(F)cc(F)cc2F)c2nc(N3C[C@@H](O)[C@@H](O)C3)c(F)cc2c1=O. The van der Waals surface area contributed by atoms with Gasteiger partial charge in [0.05, 0.1) is 17.6 Å². The Morgan fingerprint density at radius 3 is 2.08 bits per heavy atom. The van der Waals surface area contributed by atoms with Crippen LogP contribution in [0.4, 0.5) is 23.4 Å². The summed E-state index contributed by atoms with van der Waals surface area (Å²) in [5, 5.41) is 22.1. The molecule has 0 spiro atoms. The van der Waals surface area contributed by atoms with Crippen molar-refractivity contribution in [2.24, 2.45) is 0 Å². The average molecular weight is 537 g/mol. The number of β-amino-alcohol motifs (C(OH)–C–C–N with tert-alkyl or cyclic N) is 2. The Kier molecular flexibility index (Phi) is 7.48. The van der Waals surface area contributed by atoms with E-state index in [1.54, 1.807) is 0 Å². The zero-order valence-corrected chi connectivity index (χ0v) is 21.1. The van der Waals surface area contributed by atoms with E-state index in [0.29, 0.717) is 31.4 Å². The van der Waals surface area contributed by atoms with Gasteiger partial charge in [0.1, 0.15) is 17.1 Å². The number of fused-ring (bicyclic) bond motifs is 1. The number of pyridine rings is 2. The fourth-order valence-corrected chi connectivity index (χ4v) is 4.80. The molecular formula is C26H28F4N4O4. The maximum absolute atomic E-state index is 15.2. The highest BCUT2D eigenvalue weighted by Gasteiger charge is 2.33. The van der Waals surface area contributed by atoms with Crippen LogP contribution in [0.25, 0.3) is 16.7 Å². The topological polar surface area (TPSA) is 108 Å². The number of nitrogens with zero attached hydrogens (tertiary/aromatic N) is 3. The maximum Gasteiger partial charge on any atom is 0.257 e. The van der Waals surface area contributed by atoms with Gasteiger partial charge < -0.3 is 20.4 Å². The lowest BCUT2D eigenvalue weighted by Gasteiger charge is -2.31. The van der Waals surface area contributed by atoms with Gasteiger partial charge in [-0.25, -0.2) is 22.5 Å². The second-order valence-corrected chi connectivity index (χ2v) is 9.46. The third kappa shape index (κ3) is 4.73. The number of anilines is 1. The summed E-state index contributed by atoms with van der Waals surface area (Å²) in [6.07, 6.45) is 0.144. The van der Waals surface area contributed by atoms with Gasteiger partial charge in [-0.3, -0.25) is 14.2 Å². The van der Waals surface area contributed by atoms with Gasteiger partial charge in [0.15, 0.2) is 28.9 Å². The fourth-order valence-electron chi connectivity index (χ4n) is 4.80. The number of nitrogens with one attached hydrogen (secondary N) is 1. The standard InChI is InChI=1S/C26H28F4N4O4/c1-4-26(5-2,6-3)32-25(38)15-10-34(21-16(28)7-13(27)8-17(21)29)23-14(22(15)37)9-18(30)24(31-23)33-11-19(35)20(36)12-33/h7-10,19-20,35-36H,4-6,11-12H2,1-3H3,(H,32,38)/t19-,20+. The molecule has 1 aliphatic rings. The van der Waals surface area contributed by atoms with Gasteiger partial charge in [-0.15, -0.1) is 0 Å². The van der Waals surface area contributed by atoms with Gasteiger partial charge in [-0.05, 0) is 25.3 Å². The summed E-state index contributed by atoms with van der Waals surface area (Å²) in [7, 11) is 0. The molecule has 0 radical (unpaired) electrons. The number of hydrogen-bond donors (Lipinski definition) is 3. The molecule has 38 heavy (non-hydrogen) atoms. The van der Waals surface area contributed by atoms with Crippen LogP contribution in [0.5, 0.6) is 0 Å². The lowest BCUT2D eigenvalue weighted by atomic mass is 9.89. The van der Waals surface area contributed by atoms with Crippen molar-refractivity contribution >= 4 is 22.8 Å². The minimum absolute atomic E-state index is 0.187. The zero-order chi connectivity index (χ0) is 27.9. The van der Waals surface area contributed by atoms with Crippen LogP contribution < -0.4 is 15.6 Å². The van der Waals surface area contributed by atoms with Crippen molar-refractivity contribution in [1.82, 2.24) is 14.9 Å². The Balaban J connectivity index is 2.00. The van der Waals surface area contributed by atoms with Crippen molar-refractivity contribution in [2.75, 3.05) is 18.0 Å². The predicted octanol–water partition coefficient (Wildman–Crippen LogP) is 3.18. The molecule has 4 rings (SSSR count). The smallest absolute Gasteiger partial charge is 0.257 e. The average Bonchev–Trinajstić information content (AvgIpc) is 3.20. The molecule has 0 saturated carbocycles. The van der Waals surface area contributed by atoms with Crippen LogP contribution in [-0.2, 0) is 0 Å². The number of aliphatic hydroxyl groups excluding tert-OH is 2. The molecule has 2 atom stereocenters. The molecule has 0 unspecified atom stereocenters. The zero-order valence-electron chi connectivity index (χ0n) is 21.1. The number of aliphatic hydroxyl groups is 2. The molecule has 3 N–H and O–H groups in total. The predicted molar refractivity (Wildman–Crippen MR) is 132 cm³/mol. The number of carbonyl (C=O) groups excluding carboxylic acids is 1. The van der Waals surface area contributed by atoms with E-state index in [1.807, 2.05) is 20.8 Å². The van der Waals surface area contributed by atoms with Crippen molar-refractivity contribution in [1.29, 1.82) is 0 Å². The summed E-state index contributed by atoms with van der Waals surface area (Å²) in [4.78, 5) is 32.0. The second kappa shape index (κ2) is 10.3. The third-order valence-electron chi connectivity index (χ3n) is 7.35. The van der Waals surface area contributed by atoms with Crippen molar-refractivity contribution in [2.45, 2.75) is 57.8 Å². The van der Waals surface area contributed by atoms with Crippen molar-refractivity contribution in [3.05, 3.63) is 63.5 Å². The number of carbonyl (C=O) groups is 1. The number of benzene rings is 1.